The van der Waals surface area contributed by atoms with Crippen LogP contribution in [0.3, 0.4) is 0 Å². The Balaban J connectivity index is 1.75. The molecule has 0 saturated carbocycles. The molecule has 0 bridgehead atoms. The van der Waals surface area contributed by atoms with Crippen LogP contribution in [0.15, 0.2) is 65.7 Å². The second-order valence-electron chi connectivity index (χ2n) is 8.30. The number of para-hydroxylation sites is 2. The smallest absolute Gasteiger partial charge is 0.245 e. The SMILES string of the molecule is CCC(Sc1nc(C(C)C)ccc1C#N)C(=O)N1c2ccccc2CCc2ccccc21. The molecule has 1 aromatic heterocycles. The Labute approximate surface area is 194 Å². The van der Waals surface area contributed by atoms with Crippen LogP contribution < -0.4 is 4.90 Å². The second-order valence-corrected chi connectivity index (χ2v) is 9.49. The number of carbonyl (C=O) groups is 1. The lowest BCUT2D eigenvalue weighted by Crippen LogP contribution is -2.34. The van der Waals surface area contributed by atoms with Gasteiger partial charge in [-0.15, -0.1) is 0 Å². The fourth-order valence-corrected chi connectivity index (χ4v) is 5.10. The Morgan fingerprint density at radius 3 is 2.16 bits per heavy atom. The summed E-state index contributed by atoms with van der Waals surface area (Å²) in [6, 6.07) is 22.3. The average molecular weight is 442 g/mol. The summed E-state index contributed by atoms with van der Waals surface area (Å²) in [5.74, 6) is 0.280. The molecule has 2 heterocycles. The minimum atomic E-state index is -0.351. The maximum absolute atomic E-state index is 14.0. The van der Waals surface area contributed by atoms with Gasteiger partial charge in [0.25, 0.3) is 0 Å². The van der Waals surface area contributed by atoms with E-state index in [1.54, 1.807) is 0 Å². The van der Waals surface area contributed by atoms with Crippen LogP contribution in [-0.2, 0) is 17.6 Å². The molecule has 2 aromatic carbocycles. The van der Waals surface area contributed by atoms with Gasteiger partial charge in [-0.2, -0.15) is 5.26 Å². The minimum Gasteiger partial charge on any atom is -0.280 e. The zero-order valence-electron chi connectivity index (χ0n) is 18.7. The number of hydrogen-bond donors (Lipinski definition) is 0. The summed E-state index contributed by atoms with van der Waals surface area (Å²) in [6.45, 7) is 6.18. The molecule has 1 atom stereocenters. The number of aromatic nitrogens is 1. The molecule has 5 heteroatoms. The van der Waals surface area contributed by atoms with E-state index >= 15 is 0 Å². The van der Waals surface area contributed by atoms with Crippen molar-refractivity contribution in [1.29, 1.82) is 5.26 Å². The zero-order chi connectivity index (χ0) is 22.7. The van der Waals surface area contributed by atoms with Crippen LogP contribution in [0.5, 0.6) is 0 Å². The fourth-order valence-electron chi connectivity index (χ4n) is 4.06. The van der Waals surface area contributed by atoms with Crippen LogP contribution in [0.25, 0.3) is 0 Å². The molecule has 162 valence electrons. The molecular weight excluding hydrogens is 414 g/mol. The molecule has 32 heavy (non-hydrogen) atoms. The summed E-state index contributed by atoms with van der Waals surface area (Å²) in [7, 11) is 0. The molecule has 0 aliphatic carbocycles. The third-order valence-corrected chi connectivity index (χ3v) is 7.20. The van der Waals surface area contributed by atoms with Crippen LogP contribution in [0.1, 0.15) is 55.5 Å². The van der Waals surface area contributed by atoms with Crippen molar-refractivity contribution in [3.05, 3.63) is 83.0 Å². The lowest BCUT2D eigenvalue weighted by Gasteiger charge is -2.28. The summed E-state index contributed by atoms with van der Waals surface area (Å²) in [4.78, 5) is 20.6. The fraction of sp³-hybridized carbons (Fsp3) is 0.296. The number of nitriles is 1. The minimum absolute atomic E-state index is 0.0277. The van der Waals surface area contributed by atoms with Crippen molar-refractivity contribution in [2.45, 2.75) is 56.2 Å². The largest absolute Gasteiger partial charge is 0.280 e. The molecular formula is C27H27N3OS. The van der Waals surface area contributed by atoms with E-state index < -0.39 is 0 Å². The summed E-state index contributed by atoms with van der Waals surface area (Å²) < 4.78 is 0. The van der Waals surface area contributed by atoms with Crippen molar-refractivity contribution >= 4 is 29.0 Å². The molecule has 0 radical (unpaired) electrons. The number of anilines is 2. The Morgan fingerprint density at radius 1 is 1.03 bits per heavy atom. The predicted octanol–water partition coefficient (Wildman–Crippen LogP) is 6.41. The van der Waals surface area contributed by atoms with E-state index in [4.69, 9.17) is 4.98 Å². The molecule has 0 N–H and O–H groups in total. The van der Waals surface area contributed by atoms with Gasteiger partial charge in [-0.25, -0.2) is 4.98 Å². The topological polar surface area (TPSA) is 57.0 Å². The monoisotopic (exact) mass is 441 g/mol. The van der Waals surface area contributed by atoms with Gasteiger partial charge in [0, 0.05) is 5.69 Å². The molecule has 1 amide bonds. The normalized spacial score (nSPS) is 13.7. The van der Waals surface area contributed by atoms with Crippen molar-refractivity contribution in [2.75, 3.05) is 4.90 Å². The Morgan fingerprint density at radius 2 is 1.62 bits per heavy atom. The van der Waals surface area contributed by atoms with E-state index in [0.717, 1.165) is 29.9 Å². The molecule has 4 rings (SSSR count). The van der Waals surface area contributed by atoms with Crippen LogP contribution in [0.4, 0.5) is 11.4 Å². The Kier molecular flexibility index (Phi) is 6.62. The van der Waals surface area contributed by atoms with Crippen LogP contribution >= 0.6 is 11.8 Å². The second kappa shape index (κ2) is 9.58. The number of benzene rings is 2. The van der Waals surface area contributed by atoms with Gasteiger partial charge < -0.3 is 0 Å². The van der Waals surface area contributed by atoms with E-state index in [2.05, 4.69) is 32.0 Å². The standard InChI is InChI=1S/C27H27N3OS/c1-4-25(32-26-21(17-28)15-16-22(29-26)18(2)3)27(31)30-23-11-7-5-9-19(23)13-14-20-10-6-8-12-24(20)30/h5-12,15-16,18,25H,4,13-14H2,1-3H3. The first-order valence-electron chi connectivity index (χ1n) is 11.1. The van der Waals surface area contributed by atoms with E-state index in [1.807, 2.05) is 60.4 Å². The van der Waals surface area contributed by atoms with Crippen molar-refractivity contribution in [1.82, 2.24) is 4.98 Å². The first kappa shape index (κ1) is 22.1. The number of aryl methyl sites for hydroxylation is 2. The number of hydrogen-bond acceptors (Lipinski definition) is 4. The molecule has 1 aliphatic rings. The lowest BCUT2D eigenvalue weighted by atomic mass is 10.0. The maximum atomic E-state index is 14.0. The van der Waals surface area contributed by atoms with Gasteiger partial charge in [-0.05, 0) is 60.6 Å². The Hall–Kier alpha value is -3.10. The summed E-state index contributed by atoms with van der Waals surface area (Å²) in [6.07, 6.45) is 2.44. The number of nitrogens with zero attached hydrogens (tertiary/aromatic N) is 3. The number of amides is 1. The highest BCUT2D eigenvalue weighted by Crippen LogP contribution is 2.39. The first-order chi connectivity index (χ1) is 15.5. The highest BCUT2D eigenvalue weighted by molar-refractivity contribution is 8.00. The van der Waals surface area contributed by atoms with Crippen LogP contribution in [0, 0.1) is 11.3 Å². The van der Waals surface area contributed by atoms with Gasteiger partial charge in [0.2, 0.25) is 5.91 Å². The molecule has 3 aromatic rings. The number of pyridine rings is 1. The highest BCUT2D eigenvalue weighted by atomic mass is 32.2. The van der Waals surface area contributed by atoms with Crippen LogP contribution in [0.2, 0.25) is 0 Å². The van der Waals surface area contributed by atoms with Gasteiger partial charge in [0.15, 0.2) is 0 Å². The quantitative estimate of drug-likeness (QED) is 0.429. The first-order valence-corrected chi connectivity index (χ1v) is 12.0. The molecule has 1 aliphatic heterocycles. The van der Waals surface area contributed by atoms with Gasteiger partial charge in [0.05, 0.1) is 22.2 Å². The van der Waals surface area contributed by atoms with E-state index in [1.165, 1.54) is 22.9 Å². The third kappa shape index (κ3) is 4.28. The van der Waals surface area contributed by atoms with Crippen molar-refractivity contribution in [2.24, 2.45) is 0 Å². The van der Waals surface area contributed by atoms with Crippen LogP contribution in [-0.4, -0.2) is 16.1 Å². The summed E-state index contributed by atoms with van der Waals surface area (Å²) in [5, 5.41) is 9.90. The van der Waals surface area contributed by atoms with Crippen molar-refractivity contribution in [3.63, 3.8) is 0 Å². The van der Waals surface area contributed by atoms with Gasteiger partial charge in [-0.1, -0.05) is 68.9 Å². The number of carbonyl (C=O) groups excluding carboxylic acids is 1. The maximum Gasteiger partial charge on any atom is 0.245 e. The molecule has 4 nitrogen and oxygen atoms in total. The van der Waals surface area contributed by atoms with Crippen molar-refractivity contribution < 1.29 is 4.79 Å². The number of thioether (sulfide) groups is 1. The lowest BCUT2D eigenvalue weighted by molar-refractivity contribution is -0.117. The van der Waals surface area contributed by atoms with Gasteiger partial charge in [0.1, 0.15) is 11.1 Å². The van der Waals surface area contributed by atoms with E-state index in [9.17, 15) is 10.1 Å². The molecule has 0 saturated heterocycles. The summed E-state index contributed by atoms with van der Waals surface area (Å²) >= 11 is 1.40. The molecule has 0 fully saturated rings. The number of rotatable bonds is 5. The molecule has 0 spiro atoms. The third-order valence-electron chi connectivity index (χ3n) is 5.84. The highest BCUT2D eigenvalue weighted by Gasteiger charge is 2.31. The van der Waals surface area contributed by atoms with E-state index in [0.29, 0.717) is 17.0 Å². The predicted molar refractivity (Wildman–Crippen MR) is 130 cm³/mol. The average Bonchev–Trinajstić information content (AvgIpc) is 2.98. The van der Waals surface area contributed by atoms with Gasteiger partial charge in [-0.3, -0.25) is 9.69 Å². The van der Waals surface area contributed by atoms with E-state index in [-0.39, 0.29) is 17.1 Å². The number of fused-ring (bicyclic) bond motifs is 2. The Bertz CT molecular complexity index is 1130. The van der Waals surface area contributed by atoms with Crippen molar-refractivity contribution in [3.8, 4) is 6.07 Å². The molecule has 1 unspecified atom stereocenters. The zero-order valence-corrected chi connectivity index (χ0v) is 19.5. The summed E-state index contributed by atoms with van der Waals surface area (Å²) in [5.41, 5.74) is 5.70. The van der Waals surface area contributed by atoms with Gasteiger partial charge >= 0.3 is 0 Å².